The zero-order valence-electron chi connectivity index (χ0n) is 14.8. The van der Waals surface area contributed by atoms with Gasteiger partial charge in [-0.2, -0.15) is 0 Å². The Hall–Kier alpha value is -2.54. The van der Waals surface area contributed by atoms with Crippen LogP contribution in [0.25, 0.3) is 0 Å². The molecule has 3 aromatic carbocycles. The van der Waals surface area contributed by atoms with Crippen LogP contribution in [0.4, 0.5) is 0 Å². The third kappa shape index (κ3) is 3.06. The van der Waals surface area contributed by atoms with Crippen molar-refractivity contribution in [1.82, 2.24) is 9.97 Å². The van der Waals surface area contributed by atoms with E-state index in [1.807, 2.05) is 24.3 Å². The summed E-state index contributed by atoms with van der Waals surface area (Å²) >= 11 is 7.96. The molecule has 0 aliphatic carbocycles. The maximum absolute atomic E-state index is 7.96. The minimum absolute atomic E-state index is 0.562. The topological polar surface area (TPSA) is 25.8 Å². The fraction of sp³-hybridized carbons (Fsp3) is 0.0435. The van der Waals surface area contributed by atoms with Crippen LogP contribution in [0.2, 0.25) is 0 Å². The van der Waals surface area contributed by atoms with Crippen molar-refractivity contribution < 1.29 is 0 Å². The molecule has 0 aliphatic heterocycles. The van der Waals surface area contributed by atoms with Crippen molar-refractivity contribution in [3.05, 3.63) is 115 Å². The molecule has 0 saturated carbocycles. The second-order valence-electron chi connectivity index (χ2n) is 6.51. The molecule has 0 amide bonds. The van der Waals surface area contributed by atoms with E-state index in [1.54, 1.807) is 12.4 Å². The summed E-state index contributed by atoms with van der Waals surface area (Å²) in [5, 5.41) is 3.36. The van der Waals surface area contributed by atoms with Gasteiger partial charge in [-0.05, 0) is 0 Å². The predicted molar refractivity (Wildman–Crippen MR) is 117 cm³/mol. The number of hydrogen-bond acceptors (Lipinski definition) is 2. The molecule has 0 saturated heterocycles. The SMILES string of the molecule is ClP(Cc1ncccn1)(c1ccccc1)(c1ccccc1)c1ccccc1. The van der Waals surface area contributed by atoms with Crippen LogP contribution in [-0.2, 0) is 6.16 Å². The van der Waals surface area contributed by atoms with Gasteiger partial charge in [0.25, 0.3) is 0 Å². The number of rotatable bonds is 5. The van der Waals surface area contributed by atoms with Crippen LogP contribution in [0.3, 0.4) is 0 Å². The van der Waals surface area contributed by atoms with Crippen molar-refractivity contribution in [2.75, 3.05) is 0 Å². The number of benzene rings is 3. The molecule has 4 rings (SSSR count). The van der Waals surface area contributed by atoms with Gasteiger partial charge >= 0.3 is 165 Å². The quantitative estimate of drug-likeness (QED) is 0.463. The van der Waals surface area contributed by atoms with E-state index in [2.05, 4.69) is 82.8 Å². The third-order valence-electron chi connectivity index (χ3n) is 4.94. The second kappa shape index (κ2) is 7.23. The van der Waals surface area contributed by atoms with Gasteiger partial charge in [0.15, 0.2) is 0 Å². The second-order valence-corrected chi connectivity index (χ2v) is 13.0. The molecular formula is C23H20ClN2P. The van der Waals surface area contributed by atoms with Crippen LogP contribution in [0.15, 0.2) is 109 Å². The molecule has 4 aromatic rings. The minimum atomic E-state index is -3.33. The van der Waals surface area contributed by atoms with Gasteiger partial charge < -0.3 is 0 Å². The molecule has 0 N–H and O–H groups in total. The van der Waals surface area contributed by atoms with E-state index in [9.17, 15) is 0 Å². The van der Waals surface area contributed by atoms with Gasteiger partial charge in [0.05, 0.1) is 0 Å². The Morgan fingerprint density at radius 2 is 0.926 bits per heavy atom. The monoisotopic (exact) mass is 390 g/mol. The van der Waals surface area contributed by atoms with Gasteiger partial charge in [-0.1, -0.05) is 0 Å². The predicted octanol–water partition coefficient (Wildman–Crippen LogP) is 4.66. The molecule has 0 fully saturated rings. The summed E-state index contributed by atoms with van der Waals surface area (Å²) in [7, 11) is 0. The molecule has 134 valence electrons. The number of aromatic nitrogens is 2. The Labute approximate surface area is 164 Å². The molecule has 0 bridgehead atoms. The molecule has 2 nitrogen and oxygen atoms in total. The summed E-state index contributed by atoms with van der Waals surface area (Å²) in [5.41, 5.74) is 0. The van der Waals surface area contributed by atoms with Gasteiger partial charge in [-0.25, -0.2) is 0 Å². The van der Waals surface area contributed by atoms with Crippen LogP contribution in [0, 0.1) is 0 Å². The Morgan fingerprint density at radius 1 is 0.556 bits per heavy atom. The summed E-state index contributed by atoms with van der Waals surface area (Å²) < 4.78 is 0. The summed E-state index contributed by atoms with van der Waals surface area (Å²) in [6, 6.07) is 33.0. The molecule has 0 atom stereocenters. The summed E-state index contributed by atoms with van der Waals surface area (Å²) in [4.78, 5) is 9.04. The molecule has 1 aromatic heterocycles. The first-order valence-corrected chi connectivity index (χ1v) is 12.2. The number of hydrogen-bond donors (Lipinski definition) is 0. The molecule has 1 heterocycles. The average molecular weight is 391 g/mol. The van der Waals surface area contributed by atoms with E-state index < -0.39 is 5.96 Å². The Balaban J connectivity index is 2.09. The summed E-state index contributed by atoms with van der Waals surface area (Å²) in [5.74, 6) is -2.58. The van der Waals surface area contributed by atoms with E-state index in [4.69, 9.17) is 11.2 Å². The number of halogens is 1. The Morgan fingerprint density at radius 3 is 1.30 bits per heavy atom. The van der Waals surface area contributed by atoms with E-state index in [1.165, 1.54) is 0 Å². The van der Waals surface area contributed by atoms with Gasteiger partial charge in [-0.15, -0.1) is 0 Å². The van der Waals surface area contributed by atoms with E-state index >= 15 is 0 Å². The van der Waals surface area contributed by atoms with Crippen LogP contribution < -0.4 is 15.9 Å². The average Bonchev–Trinajstić information content (AvgIpc) is 2.76. The first kappa shape index (κ1) is 17.9. The molecular weight excluding hydrogens is 371 g/mol. The van der Waals surface area contributed by atoms with Crippen molar-refractivity contribution in [3.63, 3.8) is 0 Å². The first-order valence-electron chi connectivity index (χ1n) is 8.87. The molecule has 0 aliphatic rings. The van der Waals surface area contributed by atoms with Crippen molar-refractivity contribution in [2.24, 2.45) is 0 Å². The zero-order chi connectivity index (χ0) is 18.6. The number of nitrogens with zero attached hydrogens (tertiary/aromatic N) is 2. The van der Waals surface area contributed by atoms with Crippen LogP contribution in [0.1, 0.15) is 5.82 Å². The summed E-state index contributed by atoms with van der Waals surface area (Å²) in [6.07, 6.45) is 4.12. The van der Waals surface area contributed by atoms with E-state index in [0.717, 1.165) is 21.7 Å². The summed E-state index contributed by atoms with van der Waals surface area (Å²) in [6.45, 7) is 0. The van der Waals surface area contributed by atoms with Crippen LogP contribution >= 0.6 is 17.2 Å². The van der Waals surface area contributed by atoms with E-state index in [0.29, 0.717) is 6.16 Å². The molecule has 27 heavy (non-hydrogen) atoms. The van der Waals surface area contributed by atoms with Gasteiger partial charge in [-0.3, -0.25) is 0 Å². The van der Waals surface area contributed by atoms with Crippen molar-refractivity contribution in [2.45, 2.75) is 6.16 Å². The van der Waals surface area contributed by atoms with Crippen molar-refractivity contribution in [1.29, 1.82) is 0 Å². The third-order valence-corrected chi connectivity index (χ3v) is 12.1. The Kier molecular flexibility index (Phi) is 4.78. The fourth-order valence-corrected chi connectivity index (χ4v) is 9.47. The van der Waals surface area contributed by atoms with E-state index in [-0.39, 0.29) is 0 Å². The van der Waals surface area contributed by atoms with Gasteiger partial charge in [0.1, 0.15) is 0 Å². The standard InChI is InChI=1S/C23H20ClN2P/c24-27(20-11-4-1-5-12-20,21-13-6-2-7-14-21,22-15-8-3-9-16-22)19-23-25-17-10-18-26-23/h1-18H,19H2. The molecule has 4 heteroatoms. The Bertz CT molecular complexity index is 910. The van der Waals surface area contributed by atoms with Gasteiger partial charge in [0.2, 0.25) is 0 Å². The van der Waals surface area contributed by atoms with Crippen molar-refractivity contribution >= 4 is 33.1 Å². The van der Waals surface area contributed by atoms with Crippen LogP contribution in [0.5, 0.6) is 0 Å². The molecule has 0 unspecified atom stereocenters. The zero-order valence-corrected chi connectivity index (χ0v) is 16.5. The van der Waals surface area contributed by atoms with Crippen molar-refractivity contribution in [3.8, 4) is 0 Å². The first-order chi connectivity index (χ1) is 13.2. The molecule has 0 spiro atoms. The molecule has 0 radical (unpaired) electrons. The van der Waals surface area contributed by atoms with Gasteiger partial charge in [0, 0.05) is 0 Å². The maximum atomic E-state index is 7.96. The fourth-order valence-electron chi connectivity index (χ4n) is 3.61. The normalized spacial score (nSPS) is 12.9. The van der Waals surface area contributed by atoms with Crippen LogP contribution in [-0.4, -0.2) is 9.97 Å².